The van der Waals surface area contributed by atoms with Crippen molar-refractivity contribution in [2.75, 3.05) is 12.3 Å². The predicted molar refractivity (Wildman–Crippen MR) is 118 cm³/mol. The Bertz CT molecular complexity index is 1080. The Kier molecular flexibility index (Phi) is 7.02. The van der Waals surface area contributed by atoms with Crippen LogP contribution in [0.5, 0.6) is 0 Å². The molecule has 1 heterocycles. The third kappa shape index (κ3) is 5.70. The molecular formula is C23H28F2N2O4S. The molecule has 1 saturated heterocycles. The second-order valence-corrected chi connectivity index (χ2v) is 10.6. The summed E-state index contributed by atoms with van der Waals surface area (Å²) in [5.74, 6) is -1.94. The van der Waals surface area contributed by atoms with Crippen molar-refractivity contribution in [2.24, 2.45) is 0 Å². The molecule has 1 fully saturated rings. The van der Waals surface area contributed by atoms with Crippen molar-refractivity contribution in [1.29, 1.82) is 0 Å². The SMILES string of the molecule is CCS(=O)(=O)N[C@H]1CCN(C(=O)C(C)(C)O)[C@H]1Cc1cccc(-c2cc(F)cc(F)c2)c1. The zero-order chi connectivity index (χ0) is 23.7. The molecule has 6 nitrogen and oxygen atoms in total. The molecule has 2 atom stereocenters. The molecule has 1 aliphatic heterocycles. The number of carbonyl (C=O) groups excluding carboxylic acids is 1. The fourth-order valence-electron chi connectivity index (χ4n) is 4.00. The maximum atomic E-state index is 13.7. The summed E-state index contributed by atoms with van der Waals surface area (Å²) < 4.78 is 54.4. The number of likely N-dealkylation sites (tertiary alicyclic amines) is 1. The molecule has 2 N–H and O–H groups in total. The van der Waals surface area contributed by atoms with Crippen molar-refractivity contribution >= 4 is 15.9 Å². The van der Waals surface area contributed by atoms with Crippen molar-refractivity contribution in [3.8, 4) is 11.1 Å². The van der Waals surface area contributed by atoms with Gasteiger partial charge in [0.25, 0.3) is 5.91 Å². The van der Waals surface area contributed by atoms with Crippen LogP contribution in [0, 0.1) is 11.6 Å². The van der Waals surface area contributed by atoms with Crippen LogP contribution in [0.1, 0.15) is 32.8 Å². The Labute approximate surface area is 187 Å². The molecule has 0 aromatic heterocycles. The van der Waals surface area contributed by atoms with Crippen LogP contribution < -0.4 is 4.72 Å². The number of halogens is 2. The number of amides is 1. The van der Waals surface area contributed by atoms with Crippen LogP contribution in [-0.2, 0) is 21.2 Å². The van der Waals surface area contributed by atoms with Crippen LogP contribution in [0.25, 0.3) is 11.1 Å². The molecule has 0 radical (unpaired) electrons. The van der Waals surface area contributed by atoms with Gasteiger partial charge in [0.1, 0.15) is 17.2 Å². The number of aliphatic hydroxyl groups is 1. The molecule has 0 saturated carbocycles. The van der Waals surface area contributed by atoms with E-state index in [4.69, 9.17) is 0 Å². The molecule has 1 aliphatic rings. The van der Waals surface area contributed by atoms with Crippen molar-refractivity contribution in [3.05, 3.63) is 59.7 Å². The fourth-order valence-corrected chi connectivity index (χ4v) is 4.90. The van der Waals surface area contributed by atoms with Crippen LogP contribution in [0.2, 0.25) is 0 Å². The molecule has 3 rings (SSSR count). The fraction of sp³-hybridized carbons (Fsp3) is 0.435. The highest BCUT2D eigenvalue weighted by Crippen LogP contribution is 2.28. The van der Waals surface area contributed by atoms with E-state index in [9.17, 15) is 27.1 Å². The maximum Gasteiger partial charge on any atom is 0.254 e. The first-order valence-corrected chi connectivity index (χ1v) is 12.1. The second kappa shape index (κ2) is 9.25. The van der Waals surface area contributed by atoms with Crippen LogP contribution >= 0.6 is 0 Å². The lowest BCUT2D eigenvalue weighted by Gasteiger charge is -2.32. The minimum Gasteiger partial charge on any atom is -0.381 e. The number of hydrogen-bond acceptors (Lipinski definition) is 4. The number of rotatable bonds is 7. The highest BCUT2D eigenvalue weighted by molar-refractivity contribution is 7.89. The Morgan fingerprint density at radius 2 is 1.81 bits per heavy atom. The Hall–Kier alpha value is -2.36. The summed E-state index contributed by atoms with van der Waals surface area (Å²) in [6.07, 6.45) is 0.727. The summed E-state index contributed by atoms with van der Waals surface area (Å²) in [4.78, 5) is 14.3. The van der Waals surface area contributed by atoms with Crippen molar-refractivity contribution < 1.29 is 27.1 Å². The lowest BCUT2D eigenvalue weighted by atomic mass is 9.96. The molecule has 0 aliphatic carbocycles. The monoisotopic (exact) mass is 466 g/mol. The quantitative estimate of drug-likeness (QED) is 0.657. The van der Waals surface area contributed by atoms with Gasteiger partial charge < -0.3 is 10.0 Å². The number of nitrogens with zero attached hydrogens (tertiary/aromatic N) is 1. The van der Waals surface area contributed by atoms with E-state index < -0.39 is 45.2 Å². The third-order valence-electron chi connectivity index (χ3n) is 5.61. The Morgan fingerprint density at radius 3 is 2.41 bits per heavy atom. The lowest BCUT2D eigenvalue weighted by Crippen LogP contribution is -2.52. The average Bonchev–Trinajstić information content (AvgIpc) is 3.07. The maximum absolute atomic E-state index is 13.7. The number of nitrogens with one attached hydrogen (secondary N) is 1. The van der Waals surface area contributed by atoms with E-state index in [-0.39, 0.29) is 5.75 Å². The van der Waals surface area contributed by atoms with Gasteiger partial charge in [0.2, 0.25) is 10.0 Å². The smallest absolute Gasteiger partial charge is 0.254 e. The van der Waals surface area contributed by atoms with Gasteiger partial charge in [-0.1, -0.05) is 24.3 Å². The van der Waals surface area contributed by atoms with Crippen LogP contribution in [0.15, 0.2) is 42.5 Å². The average molecular weight is 467 g/mol. The Balaban J connectivity index is 1.93. The zero-order valence-corrected chi connectivity index (χ0v) is 19.1. The van der Waals surface area contributed by atoms with Crippen molar-refractivity contribution in [2.45, 2.75) is 51.3 Å². The van der Waals surface area contributed by atoms with Gasteiger partial charge in [-0.25, -0.2) is 21.9 Å². The minimum atomic E-state index is -3.51. The van der Waals surface area contributed by atoms with Crippen molar-refractivity contribution in [1.82, 2.24) is 9.62 Å². The second-order valence-electron chi connectivity index (χ2n) is 8.60. The van der Waals surface area contributed by atoms with E-state index in [1.807, 2.05) is 6.07 Å². The summed E-state index contributed by atoms with van der Waals surface area (Å²) in [7, 11) is -3.51. The van der Waals surface area contributed by atoms with E-state index in [1.54, 1.807) is 18.2 Å². The first-order valence-electron chi connectivity index (χ1n) is 10.5. The molecule has 2 aromatic carbocycles. The highest BCUT2D eigenvalue weighted by Gasteiger charge is 2.42. The van der Waals surface area contributed by atoms with Gasteiger partial charge in [0.05, 0.1) is 11.8 Å². The summed E-state index contributed by atoms with van der Waals surface area (Å²) >= 11 is 0. The topological polar surface area (TPSA) is 86.7 Å². The van der Waals surface area contributed by atoms with Gasteiger partial charge in [-0.05, 0) is 62.4 Å². The summed E-state index contributed by atoms with van der Waals surface area (Å²) in [6, 6.07) is 9.30. The van der Waals surface area contributed by atoms with Gasteiger partial charge in [-0.15, -0.1) is 0 Å². The van der Waals surface area contributed by atoms with Crippen LogP contribution in [0.4, 0.5) is 8.78 Å². The summed E-state index contributed by atoms with van der Waals surface area (Å²) in [5.41, 5.74) is 0.152. The summed E-state index contributed by atoms with van der Waals surface area (Å²) in [6.45, 7) is 4.64. The molecule has 32 heavy (non-hydrogen) atoms. The van der Waals surface area contributed by atoms with Gasteiger partial charge >= 0.3 is 0 Å². The number of hydrogen-bond donors (Lipinski definition) is 2. The molecular weight excluding hydrogens is 438 g/mol. The van der Waals surface area contributed by atoms with E-state index in [0.717, 1.165) is 11.6 Å². The number of benzene rings is 2. The van der Waals surface area contributed by atoms with Gasteiger partial charge in [-0.3, -0.25) is 4.79 Å². The molecule has 9 heteroatoms. The van der Waals surface area contributed by atoms with E-state index in [0.29, 0.717) is 30.5 Å². The lowest BCUT2D eigenvalue weighted by molar-refractivity contribution is -0.148. The highest BCUT2D eigenvalue weighted by atomic mass is 32.2. The van der Waals surface area contributed by atoms with Gasteiger partial charge in [-0.2, -0.15) is 0 Å². The van der Waals surface area contributed by atoms with E-state index in [2.05, 4.69) is 4.72 Å². The van der Waals surface area contributed by atoms with Gasteiger partial charge in [0.15, 0.2) is 0 Å². The molecule has 2 aromatic rings. The zero-order valence-electron chi connectivity index (χ0n) is 18.3. The molecule has 0 bridgehead atoms. The normalized spacial score (nSPS) is 19.4. The standard InChI is InChI=1S/C23H28F2N2O4S/c1-4-32(30,31)26-20-8-9-27(22(28)23(2,3)29)21(20)11-15-6-5-7-16(10-15)17-12-18(24)14-19(25)13-17/h5-7,10,12-14,20-21,26,29H,4,8-9,11H2,1-3H3/t20-,21-/m0/s1. The largest absolute Gasteiger partial charge is 0.381 e. The predicted octanol–water partition coefficient (Wildman–Crippen LogP) is 2.85. The van der Waals surface area contributed by atoms with E-state index >= 15 is 0 Å². The number of sulfonamides is 1. The van der Waals surface area contributed by atoms with E-state index in [1.165, 1.54) is 37.8 Å². The minimum absolute atomic E-state index is 0.0870. The van der Waals surface area contributed by atoms with Gasteiger partial charge in [0, 0.05) is 18.7 Å². The molecule has 174 valence electrons. The van der Waals surface area contributed by atoms with Crippen LogP contribution in [0.3, 0.4) is 0 Å². The molecule has 0 spiro atoms. The number of carbonyl (C=O) groups is 1. The first-order chi connectivity index (χ1) is 14.9. The molecule has 0 unspecified atom stereocenters. The Morgan fingerprint density at radius 1 is 1.16 bits per heavy atom. The molecule has 1 amide bonds. The summed E-state index contributed by atoms with van der Waals surface area (Å²) in [5, 5.41) is 10.2. The first kappa shape index (κ1) is 24.3. The van der Waals surface area contributed by atoms with Crippen LogP contribution in [-0.4, -0.2) is 54.3 Å². The van der Waals surface area contributed by atoms with Crippen molar-refractivity contribution in [3.63, 3.8) is 0 Å². The third-order valence-corrected chi connectivity index (χ3v) is 7.03.